The van der Waals surface area contributed by atoms with Gasteiger partial charge in [0.05, 0.1) is 43.4 Å². The Morgan fingerprint density at radius 1 is 0.333 bits per heavy atom. The third kappa shape index (κ3) is 8.21. The normalized spacial score (nSPS) is 13.0. The van der Waals surface area contributed by atoms with Crippen molar-refractivity contribution in [1.82, 2.24) is 0 Å². The lowest BCUT2D eigenvalue weighted by molar-refractivity contribution is -0.836. The average Bonchev–Trinajstić information content (AvgIpc) is 2.92. The highest BCUT2D eigenvalue weighted by Gasteiger charge is 2.38. The fourth-order valence-electron chi connectivity index (χ4n) is 5.00. The predicted octanol–water partition coefficient (Wildman–Crippen LogP) is 5.90. The number of benzene rings is 4. The summed E-state index contributed by atoms with van der Waals surface area (Å²) in [5.41, 5.74) is -4.29. The summed E-state index contributed by atoms with van der Waals surface area (Å²) in [6.07, 6.45) is -22.0. The zero-order valence-electron chi connectivity index (χ0n) is 23.9. The maximum absolute atomic E-state index is 13.3. The molecule has 1 nitrogen and oxygen atoms in total. The van der Waals surface area contributed by atoms with Crippen LogP contribution in [0, 0.1) is 0 Å². The van der Waals surface area contributed by atoms with E-state index in [-0.39, 0.29) is 21.9 Å². The van der Waals surface area contributed by atoms with Crippen LogP contribution in [-0.2, 0) is 24.7 Å². The Labute approximate surface area is 251 Å². The van der Waals surface area contributed by atoms with Crippen molar-refractivity contribution in [2.45, 2.75) is 24.7 Å². The quantitative estimate of drug-likeness (QED) is 0.207. The van der Waals surface area contributed by atoms with E-state index in [9.17, 15) is 52.7 Å². The van der Waals surface area contributed by atoms with Crippen molar-refractivity contribution in [1.29, 1.82) is 0 Å². The zero-order chi connectivity index (χ0) is 34.0. The largest absolute Gasteiger partial charge is 0.416 e. The molecule has 0 fully saturated rings. The molecule has 0 aliphatic carbocycles. The fourth-order valence-corrected chi connectivity index (χ4v) is 5.00. The van der Waals surface area contributed by atoms with Gasteiger partial charge in [-0.05, 0) is 0 Å². The summed E-state index contributed by atoms with van der Waals surface area (Å²) in [5, 5.41) is 0. The van der Waals surface area contributed by atoms with Gasteiger partial charge in [0, 0.05) is 0 Å². The van der Waals surface area contributed by atoms with Gasteiger partial charge in [-0.3, -0.25) is 0 Å². The Morgan fingerprint density at radius 3 is 0.578 bits per heavy atom. The van der Waals surface area contributed by atoms with Crippen molar-refractivity contribution < 1.29 is 57.6 Å². The molecular weight excluding hydrogens is 625 g/mol. The van der Waals surface area contributed by atoms with E-state index >= 15 is 0 Å². The first-order chi connectivity index (χ1) is 20.6. The maximum Gasteiger partial charge on any atom is 0.416 e. The molecule has 0 aliphatic heterocycles. The van der Waals surface area contributed by atoms with Crippen molar-refractivity contribution in [2.75, 3.05) is 21.1 Å². The van der Waals surface area contributed by atoms with Crippen molar-refractivity contribution >= 4 is 28.0 Å². The molecule has 14 heteroatoms. The smallest absolute Gasteiger partial charge is 0.342 e. The second-order valence-corrected chi connectivity index (χ2v) is 10.8. The first-order valence-corrected chi connectivity index (χ1v) is 13.2. The molecule has 0 aliphatic rings. The topological polar surface area (TPSA) is 4.44 Å². The van der Waals surface area contributed by atoms with Crippen LogP contribution >= 0.6 is 0 Å². The lowest BCUT2D eigenvalue weighted by Crippen LogP contribution is -3.02. The highest BCUT2D eigenvalue weighted by molar-refractivity contribution is 7.19. The number of nitrogens with one attached hydrogen (secondary N) is 1. The Morgan fingerprint density at radius 2 is 0.467 bits per heavy atom. The predicted molar refractivity (Wildman–Crippen MR) is 149 cm³/mol. The van der Waals surface area contributed by atoms with Gasteiger partial charge in [-0.1, -0.05) is 97.1 Å². The summed E-state index contributed by atoms with van der Waals surface area (Å²) in [5.74, 6) is 0. The van der Waals surface area contributed by atoms with Crippen molar-refractivity contribution in [3.8, 4) is 0 Å². The molecule has 1 N–H and O–H groups in total. The Balaban J connectivity index is 0.00000130. The highest BCUT2D eigenvalue weighted by Crippen LogP contribution is 2.32. The molecule has 0 radical (unpaired) electrons. The second kappa shape index (κ2) is 12.8. The summed E-state index contributed by atoms with van der Waals surface area (Å²) in [7, 11) is 6.25. The molecule has 0 heterocycles. The summed E-state index contributed by atoms with van der Waals surface area (Å²) in [6.45, 7) is 0. The second-order valence-electron chi connectivity index (χ2n) is 10.8. The summed E-state index contributed by atoms with van der Waals surface area (Å²) < 4.78 is 160. The zero-order valence-corrected chi connectivity index (χ0v) is 23.9. The van der Waals surface area contributed by atoms with Crippen LogP contribution in [0.5, 0.6) is 0 Å². The van der Waals surface area contributed by atoms with E-state index in [4.69, 9.17) is 0 Å². The van der Waals surface area contributed by atoms with Crippen LogP contribution in [0.1, 0.15) is 22.3 Å². The Hall–Kier alpha value is -3.94. The molecule has 4 aromatic rings. The highest BCUT2D eigenvalue weighted by atomic mass is 19.4. The lowest BCUT2D eigenvalue weighted by Gasteiger charge is -2.44. The summed E-state index contributed by atoms with van der Waals surface area (Å²) >= 11 is 0. The van der Waals surface area contributed by atoms with E-state index in [0.717, 1.165) is 48.5 Å². The van der Waals surface area contributed by atoms with Crippen LogP contribution in [0.15, 0.2) is 97.1 Å². The number of quaternary nitrogens is 1. The molecule has 0 amide bonds. The van der Waals surface area contributed by atoms with Gasteiger partial charge < -0.3 is 4.90 Å². The van der Waals surface area contributed by atoms with Gasteiger partial charge in [0.2, 0.25) is 0 Å². The van der Waals surface area contributed by atoms with E-state index in [0.29, 0.717) is 48.5 Å². The van der Waals surface area contributed by atoms with Crippen LogP contribution in [0.25, 0.3) is 0 Å². The van der Waals surface area contributed by atoms with Gasteiger partial charge in [-0.2, -0.15) is 74.5 Å². The molecule has 4 rings (SSSR count). The van der Waals surface area contributed by atoms with Gasteiger partial charge in [-0.25, -0.2) is 0 Å². The Bertz CT molecular complexity index is 1290. The number of hydrogen-bond donors (Lipinski definition) is 1. The van der Waals surface area contributed by atoms with Gasteiger partial charge in [-0.15, -0.1) is 0 Å². The maximum atomic E-state index is 13.3. The van der Waals surface area contributed by atoms with Crippen LogP contribution in [-0.4, -0.2) is 27.3 Å². The Kier molecular flexibility index (Phi) is 10.1. The van der Waals surface area contributed by atoms with Crippen molar-refractivity contribution in [2.24, 2.45) is 0 Å². The molecule has 45 heavy (non-hydrogen) atoms. The lowest BCUT2D eigenvalue weighted by atomic mass is 9.13. The van der Waals surface area contributed by atoms with E-state index in [1.54, 1.807) is 0 Å². The standard InChI is InChI=1S/C28H16BF12.C3H9N/c30-25(31,32)17-1-9-21(10-2-17)29(22-11-3-18(4-12-22)26(33,34)35,23-13-5-19(6-14-23)27(36,37)38)24-15-7-20(8-16-24)28(39,40)41;1-4(2)3/h1-16H;1-3H3/q-1;/p+1. The van der Waals surface area contributed by atoms with Crippen LogP contribution < -0.4 is 26.8 Å². The number of hydrogen-bond acceptors (Lipinski definition) is 0. The monoisotopic (exact) mass is 651 g/mol. The van der Waals surface area contributed by atoms with E-state index < -0.39 is 53.1 Å². The number of rotatable bonds is 4. The number of alkyl halides is 12. The van der Waals surface area contributed by atoms with E-state index in [1.165, 1.54) is 4.90 Å². The third-order valence-corrected chi connectivity index (χ3v) is 6.95. The molecule has 0 saturated carbocycles. The minimum absolute atomic E-state index is 0.0114. The third-order valence-electron chi connectivity index (χ3n) is 6.95. The average molecular weight is 651 g/mol. The van der Waals surface area contributed by atoms with Gasteiger partial charge >= 0.3 is 24.7 Å². The first-order valence-electron chi connectivity index (χ1n) is 13.2. The van der Waals surface area contributed by atoms with E-state index in [1.807, 2.05) is 0 Å². The summed E-state index contributed by atoms with van der Waals surface area (Å²) in [6, 6.07) is 13.6. The van der Waals surface area contributed by atoms with Gasteiger partial charge in [0.15, 0.2) is 0 Å². The SMILES string of the molecule is C[NH+](C)C.FC(F)(F)c1ccc([B-](c2ccc(C(F)(F)F)cc2)(c2ccc(C(F)(F)F)cc2)c2ccc(C(F)(F)F)cc2)cc1. The molecule has 0 unspecified atom stereocenters. The molecule has 242 valence electrons. The molecule has 0 bridgehead atoms. The van der Waals surface area contributed by atoms with Crippen LogP contribution in [0.2, 0.25) is 0 Å². The molecule has 0 spiro atoms. The first kappa shape index (κ1) is 35.5. The van der Waals surface area contributed by atoms with Crippen molar-refractivity contribution in [3.63, 3.8) is 0 Å². The van der Waals surface area contributed by atoms with Crippen LogP contribution in [0.3, 0.4) is 0 Å². The number of halogens is 12. The van der Waals surface area contributed by atoms with Gasteiger partial charge in [0.25, 0.3) is 0 Å². The van der Waals surface area contributed by atoms with Crippen LogP contribution in [0.4, 0.5) is 52.7 Å². The minimum Gasteiger partial charge on any atom is -0.342 e. The van der Waals surface area contributed by atoms with Gasteiger partial charge in [0.1, 0.15) is 6.15 Å². The minimum atomic E-state index is -4.77. The van der Waals surface area contributed by atoms with E-state index in [2.05, 4.69) is 21.1 Å². The molecule has 0 aromatic heterocycles. The summed E-state index contributed by atoms with van der Waals surface area (Å²) in [4.78, 5) is 1.42. The fraction of sp³-hybridized carbons (Fsp3) is 0.226. The molecule has 4 aromatic carbocycles. The van der Waals surface area contributed by atoms with Crippen molar-refractivity contribution in [3.05, 3.63) is 119 Å². The molecule has 0 atom stereocenters. The molecular formula is C31H26BF12N. The molecule has 0 saturated heterocycles.